The smallest absolute Gasteiger partial charge is 0.251 e. The maximum atomic E-state index is 12.1. The van der Waals surface area contributed by atoms with E-state index in [1.807, 2.05) is 51.1 Å². The van der Waals surface area contributed by atoms with Crippen LogP contribution in [-0.2, 0) is 11.2 Å². The maximum Gasteiger partial charge on any atom is 0.251 e. The van der Waals surface area contributed by atoms with Crippen LogP contribution in [0.2, 0.25) is 0 Å². The van der Waals surface area contributed by atoms with E-state index >= 15 is 0 Å². The van der Waals surface area contributed by atoms with Crippen molar-refractivity contribution in [2.75, 3.05) is 13.1 Å². The molecule has 2 aromatic carbocycles. The normalized spacial score (nSPS) is 10.4. The Morgan fingerprint density at radius 2 is 1.52 bits per heavy atom. The van der Waals surface area contributed by atoms with Crippen LogP contribution in [0.3, 0.4) is 0 Å². The second kappa shape index (κ2) is 9.02. The zero-order valence-corrected chi connectivity index (χ0v) is 15.2. The first-order valence-electron chi connectivity index (χ1n) is 8.63. The fraction of sp³-hybridized carbons (Fsp3) is 0.333. The molecule has 4 heteroatoms. The molecule has 0 bridgehead atoms. The molecule has 0 atom stereocenters. The lowest BCUT2D eigenvalue weighted by Gasteiger charge is -2.08. The van der Waals surface area contributed by atoms with E-state index < -0.39 is 0 Å². The Balaban J connectivity index is 1.66. The highest BCUT2D eigenvalue weighted by molar-refractivity contribution is 5.94. The van der Waals surface area contributed by atoms with Crippen LogP contribution >= 0.6 is 0 Å². The summed E-state index contributed by atoms with van der Waals surface area (Å²) in [7, 11) is 0. The van der Waals surface area contributed by atoms with E-state index in [9.17, 15) is 9.59 Å². The fourth-order valence-electron chi connectivity index (χ4n) is 2.46. The van der Waals surface area contributed by atoms with Gasteiger partial charge in [-0.25, -0.2) is 0 Å². The van der Waals surface area contributed by atoms with Crippen LogP contribution in [0.5, 0.6) is 0 Å². The van der Waals surface area contributed by atoms with E-state index in [2.05, 4.69) is 22.8 Å². The molecule has 2 N–H and O–H groups in total. The number of hydrogen-bond donors (Lipinski definition) is 2. The molecule has 4 nitrogen and oxygen atoms in total. The number of rotatable bonds is 7. The van der Waals surface area contributed by atoms with Crippen LogP contribution in [0.4, 0.5) is 0 Å². The van der Waals surface area contributed by atoms with Crippen LogP contribution < -0.4 is 10.6 Å². The molecule has 2 rings (SSSR count). The van der Waals surface area contributed by atoms with Crippen LogP contribution in [0.15, 0.2) is 42.5 Å². The maximum absolute atomic E-state index is 12.1. The summed E-state index contributed by atoms with van der Waals surface area (Å²) in [4.78, 5) is 23.9. The Labute approximate surface area is 149 Å². The number of carbonyl (C=O) groups is 2. The van der Waals surface area contributed by atoms with Crippen molar-refractivity contribution in [3.05, 3.63) is 70.3 Å². The van der Waals surface area contributed by atoms with Crippen LogP contribution in [0.1, 0.15) is 39.0 Å². The van der Waals surface area contributed by atoms with Gasteiger partial charge in [0.2, 0.25) is 5.91 Å². The predicted octanol–water partition coefficient (Wildman–Crippen LogP) is 3.09. The van der Waals surface area contributed by atoms with Crippen molar-refractivity contribution in [1.82, 2.24) is 10.6 Å². The Hall–Kier alpha value is -2.62. The standard InChI is InChI=1S/C21H26N2O2/c1-15-4-7-18(8-5-15)9-11-20(24)22-12-13-23-21(25)19-10-6-16(2)17(3)14-19/h4-8,10,14H,9,11-13H2,1-3H3,(H,22,24)(H,23,25). The molecular weight excluding hydrogens is 312 g/mol. The van der Waals surface area contributed by atoms with Crippen molar-refractivity contribution in [1.29, 1.82) is 0 Å². The van der Waals surface area contributed by atoms with Crippen molar-refractivity contribution in [2.45, 2.75) is 33.6 Å². The summed E-state index contributed by atoms with van der Waals surface area (Å²) in [5.41, 5.74) is 5.28. The highest BCUT2D eigenvalue weighted by Crippen LogP contribution is 2.09. The third kappa shape index (κ3) is 6.07. The van der Waals surface area contributed by atoms with E-state index in [0.29, 0.717) is 25.1 Å². The summed E-state index contributed by atoms with van der Waals surface area (Å²) < 4.78 is 0. The Morgan fingerprint density at radius 3 is 2.20 bits per heavy atom. The summed E-state index contributed by atoms with van der Waals surface area (Å²) in [6.07, 6.45) is 1.18. The summed E-state index contributed by atoms with van der Waals surface area (Å²) >= 11 is 0. The van der Waals surface area contributed by atoms with E-state index in [0.717, 1.165) is 23.1 Å². The highest BCUT2D eigenvalue weighted by Gasteiger charge is 2.06. The number of hydrogen-bond acceptors (Lipinski definition) is 2. The number of nitrogens with one attached hydrogen (secondary N) is 2. The van der Waals surface area contributed by atoms with Crippen molar-refractivity contribution in [3.63, 3.8) is 0 Å². The van der Waals surface area contributed by atoms with Crippen molar-refractivity contribution < 1.29 is 9.59 Å². The van der Waals surface area contributed by atoms with Gasteiger partial charge in [0.05, 0.1) is 0 Å². The molecule has 0 aromatic heterocycles. The van der Waals surface area contributed by atoms with Crippen molar-refractivity contribution in [3.8, 4) is 0 Å². The van der Waals surface area contributed by atoms with Gasteiger partial charge in [-0.15, -0.1) is 0 Å². The predicted molar refractivity (Wildman–Crippen MR) is 101 cm³/mol. The molecular formula is C21H26N2O2. The van der Waals surface area contributed by atoms with Gasteiger partial charge in [0, 0.05) is 25.1 Å². The summed E-state index contributed by atoms with van der Waals surface area (Å²) in [5.74, 6) is -0.113. The van der Waals surface area contributed by atoms with E-state index in [4.69, 9.17) is 0 Å². The van der Waals surface area contributed by atoms with Gasteiger partial charge in [-0.1, -0.05) is 35.9 Å². The van der Waals surface area contributed by atoms with E-state index in [1.54, 1.807) is 0 Å². The molecule has 0 saturated carbocycles. The molecule has 0 radical (unpaired) electrons. The average Bonchev–Trinajstić information content (AvgIpc) is 2.60. The zero-order valence-electron chi connectivity index (χ0n) is 15.2. The van der Waals surface area contributed by atoms with Gasteiger partial charge in [0.1, 0.15) is 0 Å². The van der Waals surface area contributed by atoms with Gasteiger partial charge < -0.3 is 10.6 Å². The van der Waals surface area contributed by atoms with E-state index in [-0.39, 0.29) is 11.8 Å². The number of benzene rings is 2. The molecule has 0 fully saturated rings. The summed E-state index contributed by atoms with van der Waals surface area (Å²) in [6, 6.07) is 13.8. The van der Waals surface area contributed by atoms with Crippen molar-refractivity contribution in [2.24, 2.45) is 0 Å². The molecule has 0 heterocycles. The summed E-state index contributed by atoms with van der Waals surface area (Å²) in [6.45, 7) is 6.90. The molecule has 0 aliphatic heterocycles. The van der Waals surface area contributed by atoms with Gasteiger partial charge in [0.15, 0.2) is 0 Å². The molecule has 25 heavy (non-hydrogen) atoms. The van der Waals surface area contributed by atoms with Gasteiger partial charge in [-0.05, 0) is 56.0 Å². The molecule has 132 valence electrons. The lowest BCUT2D eigenvalue weighted by molar-refractivity contribution is -0.121. The highest BCUT2D eigenvalue weighted by atomic mass is 16.2. The first-order valence-corrected chi connectivity index (χ1v) is 8.63. The van der Waals surface area contributed by atoms with Crippen LogP contribution in [0, 0.1) is 20.8 Å². The van der Waals surface area contributed by atoms with Crippen LogP contribution in [-0.4, -0.2) is 24.9 Å². The molecule has 2 amide bonds. The van der Waals surface area contributed by atoms with Gasteiger partial charge in [0.25, 0.3) is 5.91 Å². The van der Waals surface area contributed by atoms with Crippen molar-refractivity contribution >= 4 is 11.8 Å². The second-order valence-electron chi connectivity index (χ2n) is 6.39. The number of carbonyl (C=O) groups excluding carboxylic acids is 2. The summed E-state index contributed by atoms with van der Waals surface area (Å²) in [5, 5.41) is 5.67. The van der Waals surface area contributed by atoms with Crippen LogP contribution in [0.25, 0.3) is 0 Å². The lowest BCUT2D eigenvalue weighted by Crippen LogP contribution is -2.34. The Morgan fingerprint density at radius 1 is 0.840 bits per heavy atom. The van der Waals surface area contributed by atoms with Gasteiger partial charge in [-0.2, -0.15) is 0 Å². The fourth-order valence-corrected chi connectivity index (χ4v) is 2.46. The SMILES string of the molecule is Cc1ccc(CCC(=O)NCCNC(=O)c2ccc(C)c(C)c2)cc1. The minimum absolute atomic E-state index is 0.000930. The van der Waals surface area contributed by atoms with E-state index in [1.165, 1.54) is 5.56 Å². The Kier molecular flexibility index (Phi) is 6.75. The molecule has 0 aliphatic carbocycles. The monoisotopic (exact) mass is 338 g/mol. The second-order valence-corrected chi connectivity index (χ2v) is 6.39. The largest absolute Gasteiger partial charge is 0.354 e. The Bertz CT molecular complexity index is 736. The van der Waals surface area contributed by atoms with Gasteiger partial charge >= 0.3 is 0 Å². The third-order valence-corrected chi connectivity index (χ3v) is 4.26. The first kappa shape index (κ1) is 18.7. The first-order chi connectivity index (χ1) is 12.0. The minimum atomic E-state index is -0.114. The molecule has 2 aromatic rings. The molecule has 0 saturated heterocycles. The average molecular weight is 338 g/mol. The topological polar surface area (TPSA) is 58.2 Å². The number of amides is 2. The van der Waals surface area contributed by atoms with Gasteiger partial charge in [-0.3, -0.25) is 9.59 Å². The third-order valence-electron chi connectivity index (χ3n) is 4.26. The zero-order chi connectivity index (χ0) is 18.2. The number of aryl methyl sites for hydroxylation is 4. The molecule has 0 aliphatic rings. The lowest BCUT2D eigenvalue weighted by atomic mass is 10.1. The molecule has 0 unspecified atom stereocenters. The quantitative estimate of drug-likeness (QED) is 0.762. The molecule has 0 spiro atoms. The minimum Gasteiger partial charge on any atom is -0.354 e.